The van der Waals surface area contributed by atoms with E-state index in [1.807, 2.05) is 24.4 Å². The minimum absolute atomic E-state index is 0.104. The van der Waals surface area contributed by atoms with E-state index in [0.29, 0.717) is 34.8 Å². The Morgan fingerprint density at radius 2 is 2.00 bits per heavy atom. The zero-order valence-corrected chi connectivity index (χ0v) is 21.6. The maximum atomic E-state index is 13.6. The zero-order chi connectivity index (χ0) is 24.3. The molecule has 0 spiro atoms. The van der Waals surface area contributed by atoms with Gasteiger partial charge in [-0.2, -0.15) is 0 Å². The first-order valence-electron chi connectivity index (χ1n) is 12.1. The number of sulfonamides is 1. The van der Waals surface area contributed by atoms with Gasteiger partial charge in [0.15, 0.2) is 0 Å². The van der Waals surface area contributed by atoms with Crippen LogP contribution in [0.3, 0.4) is 0 Å². The Balaban J connectivity index is 1.75. The fraction of sp³-hybridized carbons (Fsp3) is 0.462. The number of amides is 1. The summed E-state index contributed by atoms with van der Waals surface area (Å²) in [5, 5.41) is 5.78. The molecule has 8 heteroatoms. The van der Waals surface area contributed by atoms with Crippen LogP contribution in [-0.4, -0.2) is 31.9 Å². The lowest BCUT2D eigenvalue weighted by Crippen LogP contribution is -2.43. The summed E-state index contributed by atoms with van der Waals surface area (Å²) >= 11 is 1.56. The summed E-state index contributed by atoms with van der Waals surface area (Å²) in [7, 11) is -3.67. The van der Waals surface area contributed by atoms with Crippen LogP contribution >= 0.6 is 11.3 Å². The van der Waals surface area contributed by atoms with Gasteiger partial charge >= 0.3 is 0 Å². The van der Waals surface area contributed by atoms with Gasteiger partial charge in [0.1, 0.15) is 0 Å². The first-order valence-corrected chi connectivity index (χ1v) is 14.5. The molecule has 1 amide bonds. The van der Waals surface area contributed by atoms with Crippen LogP contribution in [0.25, 0.3) is 21.5 Å². The molecule has 2 heterocycles. The molecular formula is C26H33N3O3S2. The molecule has 0 bridgehead atoms. The molecule has 1 aliphatic carbocycles. The fourth-order valence-corrected chi connectivity index (χ4v) is 6.40. The molecule has 2 aromatic heterocycles. The molecule has 6 nitrogen and oxygen atoms in total. The van der Waals surface area contributed by atoms with Crippen LogP contribution < -0.4 is 10.0 Å². The molecule has 0 radical (unpaired) electrons. The Morgan fingerprint density at radius 3 is 2.74 bits per heavy atom. The number of pyridine rings is 1. The van der Waals surface area contributed by atoms with Gasteiger partial charge in [0.05, 0.1) is 26.5 Å². The Labute approximate surface area is 206 Å². The van der Waals surface area contributed by atoms with Gasteiger partial charge in [0.25, 0.3) is 5.91 Å². The van der Waals surface area contributed by atoms with Crippen molar-refractivity contribution < 1.29 is 13.2 Å². The third kappa shape index (κ3) is 5.34. The lowest BCUT2D eigenvalue weighted by molar-refractivity contribution is 0.0892. The Morgan fingerprint density at radius 1 is 1.18 bits per heavy atom. The Hall–Kier alpha value is -2.29. The first kappa shape index (κ1) is 24.8. The van der Waals surface area contributed by atoms with Crippen LogP contribution in [0.5, 0.6) is 0 Å². The number of nitrogens with one attached hydrogen (secondary N) is 2. The zero-order valence-electron chi connectivity index (χ0n) is 20.0. The lowest BCUT2D eigenvalue weighted by atomic mass is 9.78. The number of unbranched alkanes of at least 4 members (excludes halogenated alkanes) is 1. The number of carbonyl (C=O) groups is 1. The second-order valence-corrected chi connectivity index (χ2v) is 12.0. The third-order valence-electron chi connectivity index (χ3n) is 6.95. The number of hydrogen-bond donors (Lipinski definition) is 2. The van der Waals surface area contributed by atoms with Gasteiger partial charge in [0, 0.05) is 18.0 Å². The molecule has 3 aromatic rings. The SMILES string of the molecule is CCCCNS(=O)(=O)c1ccc2nc(-c3cccs3)cc(C(=O)NC3CCCC(C)C3C)c2c1. The molecule has 1 aromatic carbocycles. The molecule has 1 fully saturated rings. The van der Waals surface area contributed by atoms with Crippen molar-refractivity contribution in [3.05, 3.63) is 47.3 Å². The molecule has 2 N–H and O–H groups in total. The van der Waals surface area contributed by atoms with Crippen LogP contribution in [0.15, 0.2) is 46.7 Å². The quantitative estimate of drug-likeness (QED) is 0.395. The van der Waals surface area contributed by atoms with E-state index in [1.54, 1.807) is 35.6 Å². The number of thiophene rings is 1. The monoisotopic (exact) mass is 499 g/mol. The third-order valence-corrected chi connectivity index (χ3v) is 9.31. The molecule has 0 aliphatic heterocycles. The van der Waals surface area contributed by atoms with Crippen molar-refractivity contribution in [2.75, 3.05) is 6.54 Å². The van der Waals surface area contributed by atoms with Crippen molar-refractivity contribution in [3.63, 3.8) is 0 Å². The summed E-state index contributed by atoms with van der Waals surface area (Å²) < 4.78 is 28.4. The fourth-order valence-electron chi connectivity index (χ4n) is 4.61. The number of fused-ring (bicyclic) bond motifs is 1. The van der Waals surface area contributed by atoms with Gasteiger partial charge in [-0.3, -0.25) is 4.79 Å². The van der Waals surface area contributed by atoms with Crippen molar-refractivity contribution in [1.82, 2.24) is 15.0 Å². The highest BCUT2D eigenvalue weighted by Gasteiger charge is 2.29. The average Bonchev–Trinajstić information content (AvgIpc) is 3.36. The van der Waals surface area contributed by atoms with Crippen molar-refractivity contribution in [1.29, 1.82) is 0 Å². The van der Waals surface area contributed by atoms with E-state index >= 15 is 0 Å². The molecule has 4 rings (SSSR count). The number of carbonyl (C=O) groups excluding carboxylic acids is 1. The predicted octanol–water partition coefficient (Wildman–Crippen LogP) is 5.60. The van der Waals surface area contributed by atoms with E-state index in [2.05, 4.69) is 23.9 Å². The minimum atomic E-state index is -3.67. The van der Waals surface area contributed by atoms with Crippen molar-refractivity contribution in [2.45, 2.75) is 63.8 Å². The first-order chi connectivity index (χ1) is 16.3. The molecular weight excluding hydrogens is 466 g/mol. The summed E-state index contributed by atoms with van der Waals surface area (Å²) in [6.07, 6.45) is 4.90. The standard InChI is InChI=1S/C26H33N3O3S2/c1-4-5-13-27-34(31,32)19-11-12-23-20(15-19)21(16-24(28-23)25-10-7-14-33-25)26(30)29-22-9-6-8-17(2)18(22)3/h7,10-12,14-18,22,27H,4-6,8-9,13H2,1-3H3,(H,29,30). The molecule has 3 atom stereocenters. The number of nitrogens with zero attached hydrogens (tertiary/aromatic N) is 1. The predicted molar refractivity (Wildman–Crippen MR) is 139 cm³/mol. The summed E-state index contributed by atoms with van der Waals surface area (Å²) in [5.74, 6) is 0.770. The number of rotatable bonds is 8. The molecule has 34 heavy (non-hydrogen) atoms. The Bertz CT molecular complexity index is 1260. The molecule has 182 valence electrons. The largest absolute Gasteiger partial charge is 0.349 e. The normalized spacial score (nSPS) is 21.0. The van der Waals surface area contributed by atoms with Gasteiger partial charge in [-0.15, -0.1) is 11.3 Å². The lowest BCUT2D eigenvalue weighted by Gasteiger charge is -2.34. The van der Waals surface area contributed by atoms with Crippen LogP contribution in [0, 0.1) is 11.8 Å². The molecule has 3 unspecified atom stereocenters. The molecule has 0 saturated heterocycles. The summed E-state index contributed by atoms with van der Waals surface area (Å²) in [5.41, 5.74) is 1.78. The van der Waals surface area contributed by atoms with Gasteiger partial charge in [-0.1, -0.05) is 46.1 Å². The van der Waals surface area contributed by atoms with Crippen molar-refractivity contribution >= 4 is 38.2 Å². The number of hydrogen-bond acceptors (Lipinski definition) is 5. The highest BCUT2D eigenvalue weighted by molar-refractivity contribution is 7.89. The van der Waals surface area contributed by atoms with Gasteiger partial charge in [-0.25, -0.2) is 18.1 Å². The van der Waals surface area contributed by atoms with E-state index in [4.69, 9.17) is 4.98 Å². The van der Waals surface area contributed by atoms with E-state index in [9.17, 15) is 13.2 Å². The van der Waals surface area contributed by atoms with Gasteiger partial charge < -0.3 is 5.32 Å². The molecule has 1 saturated carbocycles. The van der Waals surface area contributed by atoms with Crippen LogP contribution in [0.1, 0.15) is 63.2 Å². The van der Waals surface area contributed by atoms with E-state index < -0.39 is 10.0 Å². The van der Waals surface area contributed by atoms with E-state index in [-0.39, 0.29) is 16.8 Å². The Kier molecular flexibility index (Phi) is 7.70. The summed E-state index contributed by atoms with van der Waals surface area (Å²) in [6, 6.07) is 10.7. The minimum Gasteiger partial charge on any atom is -0.349 e. The number of aromatic nitrogens is 1. The summed E-state index contributed by atoms with van der Waals surface area (Å²) in [6.45, 7) is 6.84. The van der Waals surface area contributed by atoms with Gasteiger partial charge in [-0.05, 0) is 60.4 Å². The van der Waals surface area contributed by atoms with Crippen molar-refractivity contribution in [3.8, 4) is 10.6 Å². The van der Waals surface area contributed by atoms with Crippen molar-refractivity contribution in [2.24, 2.45) is 11.8 Å². The molecule has 1 aliphatic rings. The van der Waals surface area contributed by atoms with E-state index in [1.165, 1.54) is 6.42 Å². The topological polar surface area (TPSA) is 88.2 Å². The maximum absolute atomic E-state index is 13.6. The van der Waals surface area contributed by atoms with Crippen LogP contribution in [0.4, 0.5) is 0 Å². The highest BCUT2D eigenvalue weighted by atomic mass is 32.2. The average molecular weight is 500 g/mol. The smallest absolute Gasteiger partial charge is 0.252 e. The summed E-state index contributed by atoms with van der Waals surface area (Å²) in [4.78, 5) is 19.4. The second-order valence-electron chi connectivity index (χ2n) is 9.31. The van der Waals surface area contributed by atoms with Crippen LogP contribution in [0.2, 0.25) is 0 Å². The second kappa shape index (κ2) is 10.5. The highest BCUT2D eigenvalue weighted by Crippen LogP contribution is 2.32. The van der Waals surface area contributed by atoms with Gasteiger partial charge in [0.2, 0.25) is 10.0 Å². The number of benzene rings is 1. The van der Waals surface area contributed by atoms with Crippen LogP contribution in [-0.2, 0) is 10.0 Å². The maximum Gasteiger partial charge on any atom is 0.252 e. The van der Waals surface area contributed by atoms with E-state index in [0.717, 1.165) is 36.3 Å².